The highest BCUT2D eigenvalue weighted by Gasteiger charge is 2.35. The van der Waals surface area contributed by atoms with Gasteiger partial charge in [0.15, 0.2) is 0 Å². The van der Waals surface area contributed by atoms with E-state index in [1.165, 1.54) is 0 Å². The molecule has 0 aromatic carbocycles. The summed E-state index contributed by atoms with van der Waals surface area (Å²) in [4.78, 5) is 0. The van der Waals surface area contributed by atoms with Crippen molar-refractivity contribution in [2.24, 2.45) is 5.92 Å². The van der Waals surface area contributed by atoms with Gasteiger partial charge in [-0.1, -0.05) is 13.8 Å². The molecule has 0 spiro atoms. The molecule has 0 atom stereocenters. The molecule has 0 amide bonds. The van der Waals surface area contributed by atoms with Gasteiger partial charge < -0.3 is 9.73 Å². The van der Waals surface area contributed by atoms with Crippen LogP contribution in [0.4, 0.5) is 0 Å². The lowest BCUT2D eigenvalue weighted by Gasteiger charge is -2.24. The Morgan fingerprint density at radius 2 is 1.95 bits per heavy atom. The Kier molecular flexibility index (Phi) is 5.11. The zero-order valence-electron chi connectivity index (χ0n) is 13.3. The third kappa shape index (κ3) is 4.31. The Labute approximate surface area is 127 Å². The van der Waals surface area contributed by atoms with Crippen LogP contribution in [-0.4, -0.2) is 31.4 Å². The molecule has 0 bridgehead atoms. The zero-order valence-corrected chi connectivity index (χ0v) is 14.1. The van der Waals surface area contributed by atoms with Gasteiger partial charge in [0, 0.05) is 18.6 Å². The summed E-state index contributed by atoms with van der Waals surface area (Å²) < 4.78 is 32.5. The maximum absolute atomic E-state index is 12.7. The summed E-state index contributed by atoms with van der Waals surface area (Å²) in [6, 6.07) is 3.57. The van der Waals surface area contributed by atoms with Crippen molar-refractivity contribution in [3.05, 3.63) is 17.9 Å². The van der Waals surface area contributed by atoms with E-state index in [1.54, 1.807) is 16.4 Å². The number of hydrogen-bond donors (Lipinski definition) is 1. The van der Waals surface area contributed by atoms with E-state index in [0.717, 1.165) is 12.8 Å². The van der Waals surface area contributed by atoms with Gasteiger partial charge in [-0.2, -0.15) is 4.31 Å². The normalized spacial score (nSPS) is 16.3. The van der Waals surface area contributed by atoms with Crippen molar-refractivity contribution < 1.29 is 12.8 Å². The Bertz CT molecular complexity index is 559. The Hall–Kier alpha value is -0.850. The lowest BCUT2D eigenvalue weighted by Crippen LogP contribution is -2.38. The van der Waals surface area contributed by atoms with Crippen LogP contribution in [0, 0.1) is 5.92 Å². The van der Waals surface area contributed by atoms with Gasteiger partial charge >= 0.3 is 0 Å². The molecule has 1 aliphatic carbocycles. The van der Waals surface area contributed by atoms with Crippen LogP contribution in [-0.2, 0) is 16.6 Å². The van der Waals surface area contributed by atoms with E-state index in [2.05, 4.69) is 5.32 Å². The highest BCUT2D eigenvalue weighted by Crippen LogP contribution is 2.32. The lowest BCUT2D eigenvalue weighted by molar-refractivity contribution is 0.320. The second-order valence-electron chi connectivity index (χ2n) is 6.37. The summed E-state index contributed by atoms with van der Waals surface area (Å²) >= 11 is 0. The molecule has 0 unspecified atom stereocenters. The van der Waals surface area contributed by atoms with Crippen molar-refractivity contribution in [1.29, 1.82) is 0 Å². The fraction of sp³-hybridized carbons (Fsp3) is 0.733. The van der Waals surface area contributed by atoms with E-state index in [1.807, 2.05) is 27.7 Å². The molecule has 1 fully saturated rings. The maximum Gasteiger partial charge on any atom is 0.276 e. The maximum atomic E-state index is 12.7. The van der Waals surface area contributed by atoms with E-state index in [9.17, 15) is 8.42 Å². The van der Waals surface area contributed by atoms with Crippen LogP contribution < -0.4 is 5.32 Å². The Morgan fingerprint density at radius 3 is 2.48 bits per heavy atom. The molecule has 0 saturated heterocycles. The molecule has 1 aliphatic rings. The number of sulfonamides is 1. The van der Waals surface area contributed by atoms with E-state index in [-0.39, 0.29) is 11.1 Å². The Balaban J connectivity index is 2.13. The average Bonchev–Trinajstić information content (AvgIpc) is 3.08. The summed E-state index contributed by atoms with van der Waals surface area (Å²) in [6.07, 6.45) is 2.25. The van der Waals surface area contributed by atoms with Gasteiger partial charge in [-0.15, -0.1) is 0 Å². The van der Waals surface area contributed by atoms with Gasteiger partial charge in [0.2, 0.25) is 5.09 Å². The lowest BCUT2D eigenvalue weighted by atomic mass is 10.3. The van der Waals surface area contributed by atoms with Crippen molar-refractivity contribution >= 4 is 10.0 Å². The average molecular weight is 314 g/mol. The molecule has 1 aromatic heterocycles. The molecule has 1 N–H and O–H groups in total. The molecule has 0 radical (unpaired) electrons. The van der Waals surface area contributed by atoms with Gasteiger partial charge in [0.1, 0.15) is 5.76 Å². The molecule has 1 aromatic rings. The third-order valence-electron chi connectivity index (χ3n) is 3.60. The summed E-state index contributed by atoms with van der Waals surface area (Å²) in [7, 11) is -3.53. The van der Waals surface area contributed by atoms with Gasteiger partial charge in [-0.25, -0.2) is 8.42 Å². The van der Waals surface area contributed by atoms with E-state index < -0.39 is 10.0 Å². The minimum Gasteiger partial charge on any atom is -0.447 e. The molecule has 0 aliphatic heterocycles. The summed E-state index contributed by atoms with van der Waals surface area (Å²) in [6.45, 7) is 9.03. The standard InChI is InChI=1S/C15H26N2O3S/c1-11(2)16-9-14-7-8-15(20-14)21(18,19)17(12(3)4)10-13-5-6-13/h7-8,11-13,16H,5-6,9-10H2,1-4H3. The molecule has 120 valence electrons. The largest absolute Gasteiger partial charge is 0.447 e. The topological polar surface area (TPSA) is 62.6 Å². The minimum atomic E-state index is -3.53. The van der Waals surface area contributed by atoms with Crippen LogP contribution in [0.2, 0.25) is 0 Å². The highest BCUT2D eigenvalue weighted by atomic mass is 32.2. The quantitative estimate of drug-likeness (QED) is 0.801. The van der Waals surface area contributed by atoms with Crippen molar-refractivity contribution in [3.63, 3.8) is 0 Å². The smallest absolute Gasteiger partial charge is 0.276 e. The second kappa shape index (κ2) is 6.50. The van der Waals surface area contributed by atoms with Crippen molar-refractivity contribution in [1.82, 2.24) is 9.62 Å². The predicted molar refractivity (Wildman–Crippen MR) is 82.4 cm³/mol. The van der Waals surface area contributed by atoms with Crippen LogP contribution in [0.1, 0.15) is 46.3 Å². The summed E-state index contributed by atoms with van der Waals surface area (Å²) in [5.74, 6) is 1.16. The van der Waals surface area contributed by atoms with Crippen molar-refractivity contribution in [3.8, 4) is 0 Å². The zero-order chi connectivity index (χ0) is 15.6. The van der Waals surface area contributed by atoms with Gasteiger partial charge in [-0.3, -0.25) is 0 Å². The van der Waals surface area contributed by atoms with Gasteiger partial charge in [-0.05, 0) is 44.7 Å². The molecule has 21 heavy (non-hydrogen) atoms. The second-order valence-corrected chi connectivity index (χ2v) is 8.19. The number of hydrogen-bond acceptors (Lipinski definition) is 4. The minimum absolute atomic E-state index is 0.0532. The van der Waals surface area contributed by atoms with E-state index in [4.69, 9.17) is 4.42 Å². The first-order valence-corrected chi connectivity index (χ1v) is 9.08. The summed E-state index contributed by atoms with van der Waals surface area (Å²) in [5.41, 5.74) is 0. The molecular formula is C15H26N2O3S. The molecule has 6 heteroatoms. The van der Waals surface area contributed by atoms with Crippen molar-refractivity contribution in [2.75, 3.05) is 6.54 Å². The number of rotatable bonds is 8. The van der Waals surface area contributed by atoms with E-state index >= 15 is 0 Å². The van der Waals surface area contributed by atoms with Crippen LogP contribution in [0.5, 0.6) is 0 Å². The fourth-order valence-electron chi connectivity index (χ4n) is 2.15. The van der Waals surface area contributed by atoms with Crippen LogP contribution in [0.15, 0.2) is 21.6 Å². The first-order valence-electron chi connectivity index (χ1n) is 7.64. The SMILES string of the molecule is CC(C)NCc1ccc(S(=O)(=O)N(CC2CC2)C(C)C)o1. The molecule has 5 nitrogen and oxygen atoms in total. The molecule has 1 saturated carbocycles. The molecule has 1 heterocycles. The van der Waals surface area contributed by atoms with Gasteiger partial charge in [0.25, 0.3) is 10.0 Å². The number of furan rings is 1. The highest BCUT2D eigenvalue weighted by molar-refractivity contribution is 7.89. The fourth-order valence-corrected chi connectivity index (χ4v) is 3.80. The monoisotopic (exact) mass is 314 g/mol. The first kappa shape index (κ1) is 16.5. The third-order valence-corrected chi connectivity index (χ3v) is 5.51. The summed E-state index contributed by atoms with van der Waals surface area (Å²) in [5, 5.41) is 3.27. The van der Waals surface area contributed by atoms with Crippen LogP contribution >= 0.6 is 0 Å². The van der Waals surface area contributed by atoms with E-state index in [0.29, 0.717) is 30.8 Å². The molecular weight excluding hydrogens is 288 g/mol. The van der Waals surface area contributed by atoms with Crippen LogP contribution in [0.25, 0.3) is 0 Å². The van der Waals surface area contributed by atoms with Gasteiger partial charge in [0.05, 0.1) is 6.54 Å². The first-order chi connectivity index (χ1) is 9.80. The number of nitrogens with one attached hydrogen (secondary N) is 1. The molecule has 2 rings (SSSR count). The van der Waals surface area contributed by atoms with Crippen LogP contribution in [0.3, 0.4) is 0 Å². The van der Waals surface area contributed by atoms with Crippen molar-refractivity contribution in [2.45, 2.75) is 64.3 Å². The Morgan fingerprint density at radius 1 is 1.29 bits per heavy atom. The number of nitrogens with zero attached hydrogens (tertiary/aromatic N) is 1. The predicted octanol–water partition coefficient (Wildman–Crippen LogP) is 2.59.